The molecule has 0 fully saturated rings. The summed E-state index contributed by atoms with van der Waals surface area (Å²) in [5, 5.41) is 36.6. The predicted molar refractivity (Wildman–Crippen MR) is 124 cm³/mol. The Bertz CT molecular complexity index is 1280. The molecule has 0 aliphatic rings. The maximum absolute atomic E-state index is 10.7. The Morgan fingerprint density at radius 2 is 0.676 bits per heavy atom. The second kappa shape index (κ2) is 10.1. The molecule has 4 aromatic rings. The molecule has 4 aromatic carbocycles. The fourth-order valence-electron chi connectivity index (χ4n) is 3.12. The summed E-state index contributed by atoms with van der Waals surface area (Å²) in [6, 6.07) is 22.1. The van der Waals surface area contributed by atoms with Crippen LogP contribution in [0.5, 0.6) is 0 Å². The average molecular weight is 458 g/mol. The van der Waals surface area contributed by atoms with Gasteiger partial charge in [-0.25, -0.2) is 19.2 Å². The van der Waals surface area contributed by atoms with Crippen molar-refractivity contribution < 1.29 is 39.6 Å². The Morgan fingerprint density at radius 3 is 0.971 bits per heavy atom. The molecular weight excluding hydrogens is 440 g/mol. The number of hydrogen-bond donors (Lipinski definition) is 4. The summed E-state index contributed by atoms with van der Waals surface area (Å²) in [6.45, 7) is 0. The van der Waals surface area contributed by atoms with E-state index in [4.69, 9.17) is 20.4 Å². The number of benzene rings is 4. The largest absolute Gasteiger partial charge is 0.478 e. The Morgan fingerprint density at radius 1 is 0.382 bits per heavy atom. The first-order chi connectivity index (χ1) is 16.2. The smallest absolute Gasteiger partial charge is 0.335 e. The molecule has 170 valence electrons. The van der Waals surface area contributed by atoms with E-state index in [1.54, 1.807) is 36.4 Å². The third kappa shape index (κ3) is 5.63. The van der Waals surface area contributed by atoms with Gasteiger partial charge in [-0.2, -0.15) is 0 Å². The lowest BCUT2D eigenvalue weighted by Gasteiger charge is -2.03. The number of hydrogen-bond acceptors (Lipinski definition) is 4. The summed E-state index contributed by atoms with van der Waals surface area (Å²) in [6.07, 6.45) is 0. The molecule has 0 atom stereocenters. The van der Waals surface area contributed by atoms with E-state index in [1.165, 1.54) is 48.5 Å². The van der Waals surface area contributed by atoms with Gasteiger partial charge >= 0.3 is 23.9 Å². The normalized spacial score (nSPS) is 10.1. The van der Waals surface area contributed by atoms with Crippen molar-refractivity contribution in [2.75, 3.05) is 0 Å². The minimum Gasteiger partial charge on any atom is -0.478 e. The lowest BCUT2D eigenvalue weighted by molar-refractivity contribution is 0.0686. The highest BCUT2D eigenvalue weighted by Gasteiger charge is 2.07. The topological polar surface area (TPSA) is 149 Å². The summed E-state index contributed by atoms with van der Waals surface area (Å²) < 4.78 is 0. The van der Waals surface area contributed by atoms with Gasteiger partial charge < -0.3 is 20.4 Å². The molecule has 0 amide bonds. The van der Waals surface area contributed by atoms with Crippen LogP contribution in [0.4, 0.5) is 0 Å². The molecule has 0 saturated heterocycles. The van der Waals surface area contributed by atoms with E-state index in [9.17, 15) is 19.2 Å². The molecule has 0 radical (unpaired) electrons. The summed E-state index contributed by atoms with van der Waals surface area (Å²) in [5.74, 6) is -3.99. The van der Waals surface area contributed by atoms with Crippen LogP contribution < -0.4 is 0 Å². The standard InChI is InChI=1S/C14H10O4.C12H8O4/c15-13(16)11-5-1-9(2-6-11)10-3-7-12(8-4-10)14(17)18;13-11(14)8-3-1-7-2-4-9(12(15)16)6-10(7)5-8/h1-8H,(H,15,16)(H,17,18);1-6H,(H,13,14)(H,15,16). The first-order valence-corrected chi connectivity index (χ1v) is 9.83. The van der Waals surface area contributed by atoms with E-state index in [0.29, 0.717) is 5.39 Å². The third-order valence-corrected chi connectivity index (χ3v) is 4.93. The van der Waals surface area contributed by atoms with E-state index in [-0.39, 0.29) is 22.3 Å². The van der Waals surface area contributed by atoms with Gasteiger partial charge in [0.15, 0.2) is 0 Å². The fourth-order valence-corrected chi connectivity index (χ4v) is 3.12. The molecule has 0 spiro atoms. The lowest BCUT2D eigenvalue weighted by atomic mass is 10.0. The van der Waals surface area contributed by atoms with Crippen molar-refractivity contribution in [1.82, 2.24) is 0 Å². The Labute approximate surface area is 193 Å². The van der Waals surface area contributed by atoms with Gasteiger partial charge in [-0.05, 0) is 70.4 Å². The molecular formula is C26H18O8. The minimum absolute atomic E-state index is 0.148. The molecule has 4 rings (SSSR count). The lowest BCUT2D eigenvalue weighted by Crippen LogP contribution is -1.97. The highest BCUT2D eigenvalue weighted by molar-refractivity contribution is 5.98. The van der Waals surface area contributed by atoms with Gasteiger partial charge in [0.2, 0.25) is 0 Å². The first kappa shape index (κ1) is 23.7. The molecule has 0 aliphatic carbocycles. The van der Waals surface area contributed by atoms with Crippen molar-refractivity contribution in [2.45, 2.75) is 0 Å². The highest BCUT2D eigenvalue weighted by Crippen LogP contribution is 2.21. The van der Waals surface area contributed by atoms with Gasteiger partial charge in [0.1, 0.15) is 0 Å². The zero-order valence-corrected chi connectivity index (χ0v) is 17.5. The second-order valence-corrected chi connectivity index (χ2v) is 7.15. The fraction of sp³-hybridized carbons (Fsp3) is 0. The van der Waals surface area contributed by atoms with Gasteiger partial charge in [-0.1, -0.05) is 36.4 Å². The van der Waals surface area contributed by atoms with Crippen LogP contribution in [0.15, 0.2) is 84.9 Å². The Kier molecular flexibility index (Phi) is 7.03. The minimum atomic E-state index is -1.03. The van der Waals surface area contributed by atoms with E-state index >= 15 is 0 Å². The van der Waals surface area contributed by atoms with Crippen molar-refractivity contribution in [1.29, 1.82) is 0 Å². The molecule has 0 bridgehead atoms. The van der Waals surface area contributed by atoms with E-state index in [0.717, 1.165) is 16.5 Å². The predicted octanol–water partition coefficient (Wildman–Crippen LogP) is 4.99. The Hall–Kier alpha value is -4.98. The molecule has 4 N–H and O–H groups in total. The maximum atomic E-state index is 10.7. The summed E-state index contributed by atoms with van der Waals surface area (Å²) in [4.78, 5) is 42.9. The quantitative estimate of drug-likeness (QED) is 0.327. The highest BCUT2D eigenvalue weighted by atomic mass is 16.4. The van der Waals surface area contributed by atoms with Crippen molar-refractivity contribution >= 4 is 34.6 Å². The molecule has 8 heteroatoms. The number of aromatic carboxylic acids is 4. The maximum Gasteiger partial charge on any atom is 0.335 e. The van der Waals surface area contributed by atoms with Crippen LogP contribution in [0.2, 0.25) is 0 Å². The van der Waals surface area contributed by atoms with Crippen LogP contribution in [0.25, 0.3) is 21.9 Å². The monoisotopic (exact) mass is 458 g/mol. The van der Waals surface area contributed by atoms with Gasteiger partial charge in [-0.3, -0.25) is 0 Å². The van der Waals surface area contributed by atoms with E-state index in [1.807, 2.05) is 0 Å². The van der Waals surface area contributed by atoms with E-state index < -0.39 is 23.9 Å². The van der Waals surface area contributed by atoms with Crippen molar-refractivity contribution in [3.05, 3.63) is 107 Å². The summed E-state index contributed by atoms with van der Waals surface area (Å²) in [7, 11) is 0. The molecule has 8 nitrogen and oxygen atoms in total. The second-order valence-electron chi connectivity index (χ2n) is 7.15. The van der Waals surface area contributed by atoms with Gasteiger partial charge in [0.25, 0.3) is 0 Å². The third-order valence-electron chi connectivity index (χ3n) is 4.93. The molecule has 0 heterocycles. The van der Waals surface area contributed by atoms with Crippen LogP contribution in [-0.2, 0) is 0 Å². The number of rotatable bonds is 5. The molecule has 34 heavy (non-hydrogen) atoms. The number of carboxylic acid groups (broad SMARTS) is 4. The molecule has 0 aliphatic heterocycles. The molecule has 0 unspecified atom stereocenters. The Balaban J connectivity index is 0.000000192. The van der Waals surface area contributed by atoms with Crippen LogP contribution >= 0.6 is 0 Å². The number of carbonyl (C=O) groups is 4. The summed E-state index contributed by atoms with van der Waals surface area (Å²) in [5.41, 5.74) is 2.43. The SMILES string of the molecule is O=C(O)c1ccc(-c2ccc(C(=O)O)cc2)cc1.O=C(O)c1ccc2ccc(C(=O)O)cc2c1. The van der Waals surface area contributed by atoms with Crippen LogP contribution in [-0.4, -0.2) is 44.3 Å². The van der Waals surface area contributed by atoms with Crippen LogP contribution in [0.1, 0.15) is 41.4 Å². The zero-order valence-electron chi connectivity index (χ0n) is 17.5. The first-order valence-electron chi connectivity index (χ1n) is 9.83. The molecule has 0 aromatic heterocycles. The van der Waals surface area contributed by atoms with Crippen molar-refractivity contribution in [3.63, 3.8) is 0 Å². The van der Waals surface area contributed by atoms with Gasteiger partial charge in [0.05, 0.1) is 22.3 Å². The number of carboxylic acids is 4. The van der Waals surface area contributed by atoms with Gasteiger partial charge in [0, 0.05) is 0 Å². The van der Waals surface area contributed by atoms with Crippen molar-refractivity contribution in [3.8, 4) is 11.1 Å². The van der Waals surface area contributed by atoms with Crippen molar-refractivity contribution in [2.24, 2.45) is 0 Å². The van der Waals surface area contributed by atoms with Crippen LogP contribution in [0, 0.1) is 0 Å². The zero-order chi connectivity index (χ0) is 24.8. The van der Waals surface area contributed by atoms with Gasteiger partial charge in [-0.15, -0.1) is 0 Å². The average Bonchev–Trinajstić information content (AvgIpc) is 2.83. The molecule has 0 saturated carbocycles. The number of fused-ring (bicyclic) bond motifs is 1. The van der Waals surface area contributed by atoms with Crippen LogP contribution in [0.3, 0.4) is 0 Å². The summed E-state index contributed by atoms with van der Waals surface area (Å²) >= 11 is 0. The van der Waals surface area contributed by atoms with E-state index in [2.05, 4.69) is 0 Å².